The Bertz CT molecular complexity index is 399. The number of hydrogen-bond acceptors (Lipinski definition) is 3. The van der Waals surface area contributed by atoms with Crippen molar-refractivity contribution in [2.24, 2.45) is 4.99 Å². The summed E-state index contributed by atoms with van der Waals surface area (Å²) in [6.45, 7) is 13.7. The highest BCUT2D eigenvalue weighted by atomic mass is 15.2. The van der Waals surface area contributed by atoms with Crippen molar-refractivity contribution < 1.29 is 0 Å². The van der Waals surface area contributed by atoms with Crippen molar-refractivity contribution in [2.45, 2.75) is 96.8 Å². The lowest BCUT2D eigenvalue weighted by Crippen LogP contribution is -2.50. The fourth-order valence-electron chi connectivity index (χ4n) is 4.65. The van der Waals surface area contributed by atoms with E-state index in [-0.39, 0.29) is 0 Å². The molecule has 5 heteroatoms. The van der Waals surface area contributed by atoms with Gasteiger partial charge in [-0.25, -0.2) is 0 Å². The summed E-state index contributed by atoms with van der Waals surface area (Å²) in [7, 11) is 1.89. The molecule has 1 heterocycles. The van der Waals surface area contributed by atoms with E-state index in [0.29, 0.717) is 18.1 Å². The molecule has 1 aliphatic carbocycles. The average molecular weight is 366 g/mol. The molecular formula is C21H43N5. The summed E-state index contributed by atoms with van der Waals surface area (Å²) in [4.78, 5) is 9.71. The van der Waals surface area contributed by atoms with Gasteiger partial charge in [-0.15, -0.1) is 0 Å². The maximum Gasteiger partial charge on any atom is 0.191 e. The van der Waals surface area contributed by atoms with Crippen LogP contribution < -0.4 is 10.6 Å². The van der Waals surface area contributed by atoms with E-state index in [1.807, 2.05) is 7.05 Å². The second kappa shape index (κ2) is 11.1. The van der Waals surface area contributed by atoms with Crippen LogP contribution in [0, 0.1) is 0 Å². The SMILES string of the molecule is CN=C(NCCCN(C(C)C)C(C)C)NC1CCN(C2CCCC2)CC1. The second-order valence-electron chi connectivity index (χ2n) is 8.67. The molecule has 0 bridgehead atoms. The van der Waals surface area contributed by atoms with Crippen LogP contribution in [0.2, 0.25) is 0 Å². The van der Waals surface area contributed by atoms with Gasteiger partial charge < -0.3 is 15.5 Å². The molecule has 0 amide bonds. The van der Waals surface area contributed by atoms with Crippen LogP contribution in [0.15, 0.2) is 4.99 Å². The molecule has 0 aromatic heterocycles. The average Bonchev–Trinajstić information content (AvgIpc) is 3.15. The van der Waals surface area contributed by atoms with Gasteiger partial charge in [-0.2, -0.15) is 0 Å². The second-order valence-corrected chi connectivity index (χ2v) is 8.67. The van der Waals surface area contributed by atoms with E-state index in [1.54, 1.807) is 0 Å². The Hall–Kier alpha value is -0.810. The van der Waals surface area contributed by atoms with Crippen LogP contribution in [0.3, 0.4) is 0 Å². The summed E-state index contributed by atoms with van der Waals surface area (Å²) in [6, 6.07) is 2.66. The number of nitrogens with one attached hydrogen (secondary N) is 2. The Labute approximate surface area is 162 Å². The van der Waals surface area contributed by atoms with Crippen LogP contribution in [-0.4, -0.2) is 73.2 Å². The summed E-state index contributed by atoms with van der Waals surface area (Å²) in [5.41, 5.74) is 0. The first-order chi connectivity index (χ1) is 12.5. The van der Waals surface area contributed by atoms with Gasteiger partial charge in [-0.05, 0) is 59.8 Å². The molecule has 2 aliphatic rings. The number of piperidine rings is 1. The minimum atomic E-state index is 0.571. The summed E-state index contributed by atoms with van der Waals surface area (Å²) in [6.07, 6.45) is 9.35. The van der Waals surface area contributed by atoms with Crippen molar-refractivity contribution >= 4 is 5.96 Å². The smallest absolute Gasteiger partial charge is 0.191 e. The number of hydrogen-bond donors (Lipinski definition) is 2. The highest BCUT2D eigenvalue weighted by Crippen LogP contribution is 2.26. The molecule has 2 rings (SSSR count). The lowest BCUT2D eigenvalue weighted by atomic mass is 10.0. The van der Waals surface area contributed by atoms with Crippen LogP contribution in [0.5, 0.6) is 0 Å². The first kappa shape index (κ1) is 21.5. The van der Waals surface area contributed by atoms with Crippen molar-refractivity contribution in [3.05, 3.63) is 0 Å². The number of likely N-dealkylation sites (tertiary alicyclic amines) is 1. The van der Waals surface area contributed by atoms with Gasteiger partial charge in [0.15, 0.2) is 5.96 Å². The molecule has 0 aromatic carbocycles. The maximum absolute atomic E-state index is 4.43. The molecule has 1 saturated carbocycles. The van der Waals surface area contributed by atoms with Crippen molar-refractivity contribution in [1.82, 2.24) is 20.4 Å². The predicted molar refractivity (Wildman–Crippen MR) is 113 cm³/mol. The third-order valence-electron chi connectivity index (χ3n) is 6.15. The standard InChI is InChI=1S/C21H43N5/c1-17(2)26(18(3)4)14-8-13-23-21(22-5)24-19-11-15-25(16-12-19)20-9-6-7-10-20/h17-20H,6-16H2,1-5H3,(H2,22,23,24). The van der Waals surface area contributed by atoms with Crippen molar-refractivity contribution in [3.8, 4) is 0 Å². The largest absolute Gasteiger partial charge is 0.356 e. The normalized spacial score (nSPS) is 21.3. The van der Waals surface area contributed by atoms with Crippen LogP contribution >= 0.6 is 0 Å². The van der Waals surface area contributed by atoms with Gasteiger partial charge in [0.25, 0.3) is 0 Å². The Balaban J connectivity index is 1.63. The van der Waals surface area contributed by atoms with Crippen molar-refractivity contribution in [3.63, 3.8) is 0 Å². The fraction of sp³-hybridized carbons (Fsp3) is 0.952. The summed E-state index contributed by atoms with van der Waals surface area (Å²) >= 11 is 0. The Morgan fingerprint density at radius 3 is 2.19 bits per heavy atom. The monoisotopic (exact) mass is 365 g/mol. The summed E-state index contributed by atoms with van der Waals surface area (Å²) in [5, 5.41) is 7.16. The zero-order valence-electron chi connectivity index (χ0n) is 17.9. The van der Waals surface area contributed by atoms with Gasteiger partial charge in [-0.3, -0.25) is 9.89 Å². The Morgan fingerprint density at radius 1 is 1.04 bits per heavy atom. The highest BCUT2D eigenvalue weighted by molar-refractivity contribution is 5.79. The minimum Gasteiger partial charge on any atom is -0.356 e. The van der Waals surface area contributed by atoms with Crippen LogP contribution in [0.1, 0.15) is 72.6 Å². The molecule has 0 radical (unpaired) electrons. The molecule has 5 nitrogen and oxygen atoms in total. The topological polar surface area (TPSA) is 42.9 Å². The van der Waals surface area contributed by atoms with Gasteiger partial charge in [0.1, 0.15) is 0 Å². The van der Waals surface area contributed by atoms with E-state index < -0.39 is 0 Å². The first-order valence-corrected chi connectivity index (χ1v) is 11.0. The number of nitrogens with zero attached hydrogens (tertiary/aromatic N) is 3. The molecular weight excluding hydrogens is 322 g/mol. The third-order valence-corrected chi connectivity index (χ3v) is 6.15. The molecule has 152 valence electrons. The van der Waals surface area contributed by atoms with E-state index >= 15 is 0 Å². The van der Waals surface area contributed by atoms with Crippen LogP contribution in [0.4, 0.5) is 0 Å². The van der Waals surface area contributed by atoms with Crippen molar-refractivity contribution in [1.29, 1.82) is 0 Å². The van der Waals surface area contributed by atoms with Crippen molar-refractivity contribution in [2.75, 3.05) is 33.2 Å². The molecule has 1 saturated heterocycles. The predicted octanol–water partition coefficient (Wildman–Crippen LogP) is 3.07. The van der Waals surface area contributed by atoms with E-state index in [1.165, 1.54) is 51.6 Å². The summed E-state index contributed by atoms with van der Waals surface area (Å²) in [5.74, 6) is 0.977. The quantitative estimate of drug-likeness (QED) is 0.394. The summed E-state index contributed by atoms with van der Waals surface area (Å²) < 4.78 is 0. The molecule has 26 heavy (non-hydrogen) atoms. The molecule has 2 fully saturated rings. The first-order valence-electron chi connectivity index (χ1n) is 11.0. The van der Waals surface area contributed by atoms with Gasteiger partial charge in [0, 0.05) is 57.4 Å². The molecule has 0 aromatic rings. The maximum atomic E-state index is 4.43. The lowest BCUT2D eigenvalue weighted by Gasteiger charge is -2.36. The highest BCUT2D eigenvalue weighted by Gasteiger charge is 2.27. The molecule has 0 unspecified atom stereocenters. The van der Waals surface area contributed by atoms with E-state index in [9.17, 15) is 0 Å². The zero-order chi connectivity index (χ0) is 18.9. The molecule has 1 aliphatic heterocycles. The van der Waals surface area contributed by atoms with Gasteiger partial charge in [0.05, 0.1) is 0 Å². The van der Waals surface area contributed by atoms with Gasteiger partial charge >= 0.3 is 0 Å². The number of guanidine groups is 1. The molecule has 2 N–H and O–H groups in total. The van der Waals surface area contributed by atoms with E-state index in [4.69, 9.17) is 0 Å². The molecule has 0 atom stereocenters. The fourth-order valence-corrected chi connectivity index (χ4v) is 4.65. The molecule has 0 spiro atoms. The zero-order valence-corrected chi connectivity index (χ0v) is 17.9. The Morgan fingerprint density at radius 2 is 1.65 bits per heavy atom. The van der Waals surface area contributed by atoms with Crippen LogP contribution in [0.25, 0.3) is 0 Å². The third kappa shape index (κ3) is 6.73. The lowest BCUT2D eigenvalue weighted by molar-refractivity contribution is 0.150. The van der Waals surface area contributed by atoms with E-state index in [0.717, 1.165) is 31.5 Å². The van der Waals surface area contributed by atoms with Crippen LogP contribution in [-0.2, 0) is 0 Å². The van der Waals surface area contributed by atoms with Gasteiger partial charge in [-0.1, -0.05) is 12.8 Å². The Kier molecular flexibility index (Phi) is 9.20. The number of aliphatic imine (C=N–C) groups is 1. The van der Waals surface area contributed by atoms with E-state index in [2.05, 4.69) is 53.1 Å². The van der Waals surface area contributed by atoms with Gasteiger partial charge in [0.2, 0.25) is 0 Å². The minimum absolute atomic E-state index is 0.571. The number of rotatable bonds is 8.